The number of fused-ring (bicyclic) bond motifs is 1. The van der Waals surface area contributed by atoms with Gasteiger partial charge in [0, 0.05) is 45.8 Å². The highest BCUT2D eigenvalue weighted by Crippen LogP contribution is 2.38. The molecule has 0 aromatic carbocycles. The van der Waals surface area contributed by atoms with Crippen molar-refractivity contribution in [2.45, 2.75) is 43.2 Å². The normalized spacial score (nSPS) is 36.7. The molecular formula is C15H29N3O4S. The summed E-state index contributed by atoms with van der Waals surface area (Å²) < 4.78 is 32.6. The van der Waals surface area contributed by atoms with Crippen LogP contribution in [0.4, 0.5) is 0 Å². The lowest BCUT2D eigenvalue weighted by Gasteiger charge is -2.40. The van der Waals surface area contributed by atoms with Crippen LogP contribution in [0.25, 0.3) is 0 Å². The molecule has 4 unspecified atom stereocenters. The Morgan fingerprint density at radius 1 is 1.22 bits per heavy atom. The molecule has 0 aromatic rings. The van der Waals surface area contributed by atoms with Crippen LogP contribution >= 0.6 is 0 Å². The maximum absolute atomic E-state index is 12.3. The lowest BCUT2D eigenvalue weighted by Crippen LogP contribution is -2.56. The quantitative estimate of drug-likeness (QED) is 0.693. The minimum absolute atomic E-state index is 0.0312. The summed E-state index contributed by atoms with van der Waals surface area (Å²) in [6.07, 6.45) is 3.49. The number of nitrogens with zero attached hydrogens (tertiary/aromatic N) is 2. The second-order valence-electron chi connectivity index (χ2n) is 7.04. The number of nitrogens with one attached hydrogen (secondary N) is 1. The third-order valence-corrected chi connectivity index (χ3v) is 7.42. The first-order valence-electron chi connectivity index (χ1n) is 8.66. The Balaban J connectivity index is 1.55. The first kappa shape index (κ1) is 17.6. The zero-order valence-electron chi connectivity index (χ0n) is 13.9. The summed E-state index contributed by atoms with van der Waals surface area (Å²) in [5.41, 5.74) is 0. The summed E-state index contributed by atoms with van der Waals surface area (Å²) in [4.78, 5) is 4.51. The molecule has 2 aliphatic heterocycles. The predicted octanol–water partition coefficient (Wildman–Crippen LogP) is -0.571. The number of aliphatic hydroxyl groups excluding tert-OH is 1. The third-order valence-electron chi connectivity index (χ3n) is 5.47. The Labute approximate surface area is 139 Å². The fourth-order valence-corrected chi connectivity index (χ4v) is 6.38. The molecule has 0 spiro atoms. The fraction of sp³-hybridized carbons (Fsp3) is 1.00. The number of aliphatic hydroxyl groups is 1. The molecule has 2 heterocycles. The molecule has 7 nitrogen and oxygen atoms in total. The van der Waals surface area contributed by atoms with E-state index in [1.807, 2.05) is 0 Å². The number of β-amino-alcohol motifs (C(OH)–C–C–N with tert-alkyl or cyclic N) is 1. The average Bonchev–Trinajstić information content (AvgIpc) is 2.81. The number of hydrogen-bond acceptors (Lipinski definition) is 6. The highest BCUT2D eigenvalue weighted by Gasteiger charge is 2.49. The van der Waals surface area contributed by atoms with Gasteiger partial charge in [-0.15, -0.1) is 0 Å². The number of sulfonamides is 1. The summed E-state index contributed by atoms with van der Waals surface area (Å²) >= 11 is 0. The van der Waals surface area contributed by atoms with Crippen molar-refractivity contribution in [3.8, 4) is 0 Å². The van der Waals surface area contributed by atoms with E-state index in [0.717, 1.165) is 51.9 Å². The molecule has 2 saturated heterocycles. The zero-order chi connectivity index (χ0) is 16.4. The van der Waals surface area contributed by atoms with Gasteiger partial charge in [0.15, 0.2) is 0 Å². The molecule has 23 heavy (non-hydrogen) atoms. The molecule has 0 bridgehead atoms. The van der Waals surface area contributed by atoms with E-state index in [2.05, 4.69) is 14.5 Å². The van der Waals surface area contributed by atoms with Gasteiger partial charge in [0.1, 0.15) is 0 Å². The van der Waals surface area contributed by atoms with E-state index >= 15 is 0 Å². The first-order valence-corrected chi connectivity index (χ1v) is 10.2. The predicted molar refractivity (Wildman–Crippen MR) is 87.5 cm³/mol. The molecule has 3 rings (SSSR count). The molecular weight excluding hydrogens is 318 g/mol. The molecule has 8 heteroatoms. The van der Waals surface area contributed by atoms with E-state index < -0.39 is 16.1 Å². The summed E-state index contributed by atoms with van der Waals surface area (Å²) in [6.45, 7) is 4.37. The van der Waals surface area contributed by atoms with Crippen LogP contribution < -0.4 is 4.72 Å². The molecule has 3 fully saturated rings. The molecule has 0 amide bonds. The van der Waals surface area contributed by atoms with Crippen LogP contribution in [0.3, 0.4) is 0 Å². The number of methoxy groups -OCH3 is 1. The van der Waals surface area contributed by atoms with E-state index in [-0.39, 0.29) is 17.3 Å². The molecule has 2 N–H and O–H groups in total. The van der Waals surface area contributed by atoms with Gasteiger partial charge in [-0.2, -0.15) is 4.72 Å². The van der Waals surface area contributed by atoms with E-state index in [1.165, 1.54) is 0 Å². The molecule has 134 valence electrons. The summed E-state index contributed by atoms with van der Waals surface area (Å²) in [5.74, 6) is 0.236. The van der Waals surface area contributed by atoms with E-state index in [0.29, 0.717) is 13.2 Å². The lowest BCUT2D eigenvalue weighted by atomic mass is 9.86. The van der Waals surface area contributed by atoms with Gasteiger partial charge in [0.2, 0.25) is 10.0 Å². The van der Waals surface area contributed by atoms with Gasteiger partial charge in [-0.25, -0.2) is 8.42 Å². The topological polar surface area (TPSA) is 82.1 Å². The van der Waals surface area contributed by atoms with Crippen LogP contribution in [-0.2, 0) is 14.8 Å². The Morgan fingerprint density at radius 3 is 2.61 bits per heavy atom. The third kappa shape index (κ3) is 3.88. The second kappa shape index (κ2) is 7.33. The van der Waals surface area contributed by atoms with Crippen molar-refractivity contribution in [2.24, 2.45) is 5.92 Å². The van der Waals surface area contributed by atoms with E-state index in [4.69, 9.17) is 4.74 Å². The van der Waals surface area contributed by atoms with Crippen molar-refractivity contribution in [1.29, 1.82) is 0 Å². The second-order valence-corrected chi connectivity index (χ2v) is 8.97. The highest BCUT2D eigenvalue weighted by atomic mass is 32.2. The van der Waals surface area contributed by atoms with Crippen LogP contribution in [0.5, 0.6) is 0 Å². The van der Waals surface area contributed by atoms with Crippen LogP contribution in [0, 0.1) is 5.92 Å². The zero-order valence-corrected chi connectivity index (χ0v) is 14.7. The number of ether oxygens (including phenoxy) is 1. The smallest absolute Gasteiger partial charge is 0.216 e. The molecule has 3 aliphatic rings. The standard InChI is InChI=1S/C15H29N3O4S/c1-22-11-12(19)10-17-6-8-18(9-7-17)15-13-4-2-3-5-14(13)23(20,21)16-15/h12-16,19H,2-11H2,1H3. The minimum Gasteiger partial charge on any atom is -0.389 e. The summed E-state index contributed by atoms with van der Waals surface area (Å²) in [7, 11) is -1.56. The van der Waals surface area contributed by atoms with Crippen LogP contribution in [0.2, 0.25) is 0 Å². The lowest BCUT2D eigenvalue weighted by molar-refractivity contribution is 0.0111. The van der Waals surface area contributed by atoms with Crippen LogP contribution in [0.15, 0.2) is 0 Å². The summed E-state index contributed by atoms with van der Waals surface area (Å²) in [6, 6.07) is 0. The van der Waals surface area contributed by atoms with Crippen LogP contribution in [-0.4, -0.2) is 87.3 Å². The number of rotatable bonds is 5. The van der Waals surface area contributed by atoms with Gasteiger partial charge in [0.05, 0.1) is 24.1 Å². The Bertz CT molecular complexity index is 493. The highest BCUT2D eigenvalue weighted by molar-refractivity contribution is 7.90. The molecule has 0 aromatic heterocycles. The molecule has 4 atom stereocenters. The molecule has 1 aliphatic carbocycles. The largest absolute Gasteiger partial charge is 0.389 e. The van der Waals surface area contributed by atoms with Crippen LogP contribution in [0.1, 0.15) is 25.7 Å². The van der Waals surface area contributed by atoms with Crippen molar-refractivity contribution in [1.82, 2.24) is 14.5 Å². The Kier molecular flexibility index (Phi) is 5.60. The van der Waals surface area contributed by atoms with Crippen molar-refractivity contribution < 1.29 is 18.3 Å². The average molecular weight is 347 g/mol. The van der Waals surface area contributed by atoms with Gasteiger partial charge in [-0.05, 0) is 12.8 Å². The van der Waals surface area contributed by atoms with Gasteiger partial charge in [0.25, 0.3) is 0 Å². The van der Waals surface area contributed by atoms with Gasteiger partial charge >= 0.3 is 0 Å². The monoisotopic (exact) mass is 347 g/mol. The minimum atomic E-state index is -3.15. The van der Waals surface area contributed by atoms with Gasteiger partial charge < -0.3 is 9.84 Å². The van der Waals surface area contributed by atoms with Gasteiger partial charge in [-0.3, -0.25) is 9.80 Å². The maximum atomic E-state index is 12.3. The van der Waals surface area contributed by atoms with Crippen molar-refractivity contribution in [2.75, 3.05) is 46.4 Å². The summed E-state index contributed by atoms with van der Waals surface area (Å²) in [5, 5.41) is 9.64. The first-order chi connectivity index (χ1) is 11.0. The van der Waals surface area contributed by atoms with E-state index in [9.17, 15) is 13.5 Å². The number of piperazine rings is 1. The molecule has 1 saturated carbocycles. The Morgan fingerprint density at radius 2 is 1.91 bits per heavy atom. The maximum Gasteiger partial charge on any atom is 0.216 e. The Hall–Kier alpha value is -0.250. The molecule has 0 radical (unpaired) electrons. The van der Waals surface area contributed by atoms with Crippen molar-refractivity contribution in [3.05, 3.63) is 0 Å². The SMILES string of the molecule is COCC(O)CN1CCN(C2NS(=O)(=O)C3CCCCC23)CC1. The van der Waals surface area contributed by atoms with E-state index in [1.54, 1.807) is 7.11 Å². The van der Waals surface area contributed by atoms with Gasteiger partial charge in [-0.1, -0.05) is 12.8 Å². The number of hydrogen-bond donors (Lipinski definition) is 2. The fourth-order valence-electron chi connectivity index (χ4n) is 4.33. The van der Waals surface area contributed by atoms with Crippen molar-refractivity contribution >= 4 is 10.0 Å². The van der Waals surface area contributed by atoms with Crippen molar-refractivity contribution in [3.63, 3.8) is 0 Å².